The second-order valence-electron chi connectivity index (χ2n) is 5.59. The fourth-order valence-corrected chi connectivity index (χ4v) is 2.41. The quantitative estimate of drug-likeness (QED) is 0.678. The molecule has 0 unspecified atom stereocenters. The Morgan fingerprint density at radius 2 is 2.00 bits per heavy atom. The highest BCUT2D eigenvalue weighted by atomic mass is 16.5. The van der Waals surface area contributed by atoms with E-state index in [1.807, 2.05) is 0 Å². The van der Waals surface area contributed by atoms with Gasteiger partial charge >= 0.3 is 0 Å². The Balaban J connectivity index is 2.16. The maximum Gasteiger partial charge on any atom is 0.0587 e. The summed E-state index contributed by atoms with van der Waals surface area (Å²) in [4.78, 5) is 0. The molecule has 3 heteroatoms. The van der Waals surface area contributed by atoms with Gasteiger partial charge in [-0.05, 0) is 30.6 Å². The van der Waals surface area contributed by atoms with Crippen molar-refractivity contribution in [2.24, 2.45) is 11.3 Å². The first-order valence-electron chi connectivity index (χ1n) is 6.41. The van der Waals surface area contributed by atoms with Crippen LogP contribution in [-0.2, 0) is 9.47 Å². The lowest BCUT2D eigenvalue weighted by Gasteiger charge is -2.32. The van der Waals surface area contributed by atoms with E-state index in [4.69, 9.17) is 9.47 Å². The maximum atomic E-state index is 5.40. The van der Waals surface area contributed by atoms with E-state index in [1.165, 1.54) is 19.3 Å². The molecule has 16 heavy (non-hydrogen) atoms. The largest absolute Gasteiger partial charge is 0.383 e. The standard InChI is InChI=1S/C13H27NO2/c1-13(2,11-14-6-9-15-3)10-12-4-7-16-8-5-12/h12,14H,4-11H2,1-3H3. The summed E-state index contributed by atoms with van der Waals surface area (Å²) in [5.74, 6) is 0.855. The fraction of sp³-hybridized carbons (Fsp3) is 1.00. The van der Waals surface area contributed by atoms with E-state index in [1.54, 1.807) is 7.11 Å². The van der Waals surface area contributed by atoms with E-state index >= 15 is 0 Å². The zero-order valence-electron chi connectivity index (χ0n) is 11.1. The molecule has 0 atom stereocenters. The van der Waals surface area contributed by atoms with E-state index in [0.29, 0.717) is 5.41 Å². The molecular formula is C13H27NO2. The van der Waals surface area contributed by atoms with Crippen LogP contribution in [0.15, 0.2) is 0 Å². The van der Waals surface area contributed by atoms with Crippen molar-refractivity contribution in [2.45, 2.75) is 33.1 Å². The maximum absolute atomic E-state index is 5.40. The molecule has 0 aliphatic carbocycles. The topological polar surface area (TPSA) is 30.5 Å². The SMILES string of the molecule is COCCNCC(C)(C)CC1CCOCC1. The molecule has 1 aliphatic heterocycles. The van der Waals surface area contributed by atoms with Crippen LogP contribution >= 0.6 is 0 Å². The molecule has 1 fully saturated rings. The predicted molar refractivity (Wildman–Crippen MR) is 66.7 cm³/mol. The van der Waals surface area contributed by atoms with Crippen molar-refractivity contribution < 1.29 is 9.47 Å². The monoisotopic (exact) mass is 229 g/mol. The van der Waals surface area contributed by atoms with Crippen LogP contribution in [0.25, 0.3) is 0 Å². The lowest BCUT2D eigenvalue weighted by molar-refractivity contribution is 0.0510. The lowest BCUT2D eigenvalue weighted by Crippen LogP contribution is -2.34. The molecule has 0 radical (unpaired) electrons. The van der Waals surface area contributed by atoms with Crippen molar-refractivity contribution in [1.29, 1.82) is 0 Å². The molecule has 0 spiro atoms. The molecule has 0 aromatic rings. The molecule has 1 saturated heterocycles. The van der Waals surface area contributed by atoms with Crippen molar-refractivity contribution in [3.63, 3.8) is 0 Å². The van der Waals surface area contributed by atoms with Crippen molar-refractivity contribution in [2.75, 3.05) is 40.0 Å². The first kappa shape index (κ1) is 13.9. The molecule has 1 rings (SSSR count). The van der Waals surface area contributed by atoms with E-state index in [0.717, 1.165) is 38.8 Å². The van der Waals surface area contributed by atoms with Crippen LogP contribution < -0.4 is 5.32 Å². The summed E-state index contributed by atoms with van der Waals surface area (Å²) in [6.07, 6.45) is 3.78. The molecule has 3 nitrogen and oxygen atoms in total. The Bertz CT molecular complexity index is 177. The highest BCUT2D eigenvalue weighted by Gasteiger charge is 2.24. The molecule has 0 amide bonds. The number of rotatable bonds is 7. The summed E-state index contributed by atoms with van der Waals surface area (Å²) in [6.45, 7) is 9.44. The van der Waals surface area contributed by atoms with Gasteiger partial charge in [0.2, 0.25) is 0 Å². The summed E-state index contributed by atoms with van der Waals surface area (Å²) >= 11 is 0. The fourth-order valence-electron chi connectivity index (χ4n) is 2.41. The zero-order chi connectivity index (χ0) is 11.9. The minimum absolute atomic E-state index is 0.385. The third-order valence-electron chi connectivity index (χ3n) is 3.27. The van der Waals surface area contributed by atoms with Gasteiger partial charge in [0.25, 0.3) is 0 Å². The van der Waals surface area contributed by atoms with Crippen LogP contribution in [0.2, 0.25) is 0 Å². The van der Waals surface area contributed by atoms with Crippen LogP contribution in [-0.4, -0.2) is 40.0 Å². The van der Waals surface area contributed by atoms with E-state index < -0.39 is 0 Å². The second-order valence-corrected chi connectivity index (χ2v) is 5.59. The van der Waals surface area contributed by atoms with Crippen molar-refractivity contribution in [1.82, 2.24) is 5.32 Å². The molecule has 1 aliphatic rings. The lowest BCUT2D eigenvalue weighted by atomic mass is 9.80. The molecule has 96 valence electrons. The van der Waals surface area contributed by atoms with Gasteiger partial charge in [0.05, 0.1) is 6.61 Å². The summed E-state index contributed by atoms with van der Waals surface area (Å²) < 4.78 is 10.4. The van der Waals surface area contributed by atoms with Gasteiger partial charge in [-0.3, -0.25) is 0 Å². The van der Waals surface area contributed by atoms with Gasteiger partial charge < -0.3 is 14.8 Å². The van der Waals surface area contributed by atoms with Crippen LogP contribution in [0.5, 0.6) is 0 Å². The van der Waals surface area contributed by atoms with Gasteiger partial charge in [-0.2, -0.15) is 0 Å². The first-order chi connectivity index (χ1) is 7.64. The number of hydrogen-bond donors (Lipinski definition) is 1. The second kappa shape index (κ2) is 7.25. The van der Waals surface area contributed by atoms with Crippen LogP contribution in [0.1, 0.15) is 33.1 Å². The smallest absolute Gasteiger partial charge is 0.0587 e. The summed E-state index contributed by atoms with van der Waals surface area (Å²) in [5.41, 5.74) is 0.385. The van der Waals surface area contributed by atoms with Gasteiger partial charge in [-0.25, -0.2) is 0 Å². The van der Waals surface area contributed by atoms with Gasteiger partial charge in [-0.1, -0.05) is 13.8 Å². The van der Waals surface area contributed by atoms with Crippen LogP contribution in [0.4, 0.5) is 0 Å². The first-order valence-corrected chi connectivity index (χ1v) is 6.41. The van der Waals surface area contributed by atoms with Crippen LogP contribution in [0, 0.1) is 11.3 Å². The van der Waals surface area contributed by atoms with E-state index in [2.05, 4.69) is 19.2 Å². The van der Waals surface area contributed by atoms with Gasteiger partial charge in [0.15, 0.2) is 0 Å². The summed E-state index contributed by atoms with van der Waals surface area (Å²) in [5, 5.41) is 3.46. The normalized spacial score (nSPS) is 18.9. The van der Waals surface area contributed by atoms with Crippen LogP contribution in [0.3, 0.4) is 0 Å². The predicted octanol–water partition coefficient (Wildman–Crippen LogP) is 2.07. The van der Waals surface area contributed by atoms with Gasteiger partial charge in [0, 0.05) is 33.4 Å². The molecule has 1 N–H and O–H groups in total. The molecule has 1 heterocycles. The Morgan fingerprint density at radius 3 is 2.62 bits per heavy atom. The Morgan fingerprint density at radius 1 is 1.31 bits per heavy atom. The Labute approximate surface area is 99.9 Å². The third-order valence-corrected chi connectivity index (χ3v) is 3.27. The van der Waals surface area contributed by atoms with E-state index in [9.17, 15) is 0 Å². The zero-order valence-corrected chi connectivity index (χ0v) is 11.1. The molecule has 0 aromatic carbocycles. The number of nitrogens with one attached hydrogen (secondary N) is 1. The Hall–Kier alpha value is -0.120. The average molecular weight is 229 g/mol. The molecule has 0 aromatic heterocycles. The average Bonchev–Trinajstić information content (AvgIpc) is 2.25. The number of ether oxygens (including phenoxy) is 2. The van der Waals surface area contributed by atoms with Gasteiger partial charge in [0.1, 0.15) is 0 Å². The highest BCUT2D eigenvalue weighted by molar-refractivity contribution is 4.77. The van der Waals surface area contributed by atoms with Crippen molar-refractivity contribution in [3.05, 3.63) is 0 Å². The minimum Gasteiger partial charge on any atom is -0.383 e. The van der Waals surface area contributed by atoms with Gasteiger partial charge in [-0.15, -0.1) is 0 Å². The molecular weight excluding hydrogens is 202 g/mol. The van der Waals surface area contributed by atoms with Crippen molar-refractivity contribution >= 4 is 0 Å². The molecule has 0 bridgehead atoms. The number of hydrogen-bond acceptors (Lipinski definition) is 3. The third kappa shape index (κ3) is 5.83. The summed E-state index contributed by atoms with van der Waals surface area (Å²) in [7, 11) is 1.74. The van der Waals surface area contributed by atoms with Crippen molar-refractivity contribution in [3.8, 4) is 0 Å². The Kier molecular flexibility index (Phi) is 6.32. The number of methoxy groups -OCH3 is 1. The minimum atomic E-state index is 0.385. The highest BCUT2D eigenvalue weighted by Crippen LogP contribution is 2.30. The molecule has 0 saturated carbocycles. The summed E-state index contributed by atoms with van der Waals surface area (Å²) in [6, 6.07) is 0. The van der Waals surface area contributed by atoms with E-state index in [-0.39, 0.29) is 0 Å².